The first-order valence-electron chi connectivity index (χ1n) is 6.72. The number of halogens is 1. The number of primary amides is 1. The largest absolute Gasteiger partial charge is 0.493 e. The van der Waals surface area contributed by atoms with Crippen LogP contribution >= 0.6 is 0 Å². The molecule has 0 radical (unpaired) electrons. The number of nitrogens with zero attached hydrogens (tertiary/aromatic N) is 1. The summed E-state index contributed by atoms with van der Waals surface area (Å²) in [4.78, 5) is 10.7. The maximum atomic E-state index is 12.8. The number of hydrogen-bond donors (Lipinski definition) is 2. The van der Waals surface area contributed by atoms with Gasteiger partial charge in [0.25, 0.3) is 5.91 Å². The van der Waals surface area contributed by atoms with E-state index in [1.165, 1.54) is 19.2 Å². The van der Waals surface area contributed by atoms with Crippen LogP contribution in [0.5, 0.6) is 11.5 Å². The normalized spacial score (nSPS) is 10.5. The van der Waals surface area contributed by atoms with E-state index >= 15 is 0 Å². The molecule has 0 heterocycles. The summed E-state index contributed by atoms with van der Waals surface area (Å²) in [6, 6.07) is 10.9. The lowest BCUT2D eigenvalue weighted by Gasteiger charge is -2.09. The Morgan fingerprint density at radius 1 is 1.26 bits per heavy atom. The van der Waals surface area contributed by atoms with Gasteiger partial charge >= 0.3 is 0 Å². The van der Waals surface area contributed by atoms with Gasteiger partial charge in [-0.3, -0.25) is 10.2 Å². The van der Waals surface area contributed by atoms with Gasteiger partial charge in [-0.25, -0.2) is 4.39 Å². The van der Waals surface area contributed by atoms with Gasteiger partial charge in [-0.15, -0.1) is 0 Å². The van der Waals surface area contributed by atoms with Gasteiger partial charge in [0, 0.05) is 0 Å². The maximum Gasteiger partial charge on any atom is 0.255 e. The Kier molecular flexibility index (Phi) is 5.51. The predicted molar refractivity (Wildman–Crippen MR) is 85.3 cm³/mol. The zero-order valence-corrected chi connectivity index (χ0v) is 12.5. The molecule has 2 aromatic carbocycles. The lowest BCUT2D eigenvalue weighted by molar-refractivity contribution is -0.119. The molecule has 3 N–H and O–H groups in total. The van der Waals surface area contributed by atoms with Crippen molar-refractivity contribution in [3.8, 4) is 11.5 Å². The number of hydrogen-bond acceptors (Lipinski definition) is 5. The van der Waals surface area contributed by atoms with E-state index in [0.717, 1.165) is 5.56 Å². The van der Waals surface area contributed by atoms with Crippen molar-refractivity contribution in [2.45, 2.75) is 0 Å². The lowest BCUT2D eigenvalue weighted by Crippen LogP contribution is -2.20. The first-order valence-corrected chi connectivity index (χ1v) is 6.72. The molecule has 23 heavy (non-hydrogen) atoms. The fourth-order valence-electron chi connectivity index (χ4n) is 1.74. The second kappa shape index (κ2) is 7.79. The van der Waals surface area contributed by atoms with Crippen molar-refractivity contribution >= 4 is 17.8 Å². The summed E-state index contributed by atoms with van der Waals surface area (Å²) in [7, 11) is 1.49. The Morgan fingerprint density at radius 3 is 2.65 bits per heavy atom. The molecule has 0 aliphatic heterocycles. The van der Waals surface area contributed by atoms with Crippen LogP contribution in [0, 0.1) is 5.82 Å². The molecular formula is C16H16FN3O3. The van der Waals surface area contributed by atoms with Crippen molar-refractivity contribution in [3.05, 3.63) is 53.8 Å². The van der Waals surface area contributed by atoms with Gasteiger partial charge in [0.05, 0.1) is 19.0 Å². The highest BCUT2D eigenvalue weighted by Gasteiger charge is 2.06. The third-order valence-corrected chi connectivity index (χ3v) is 2.81. The molecule has 0 saturated heterocycles. The second-order valence-electron chi connectivity index (χ2n) is 4.54. The number of benzene rings is 2. The SMILES string of the molecule is COc1cc(/C=N\Nc2ccc(F)cc2)ccc1OCC(N)=O. The number of methoxy groups -OCH3 is 1. The van der Waals surface area contributed by atoms with Crippen molar-refractivity contribution in [3.63, 3.8) is 0 Å². The van der Waals surface area contributed by atoms with Crippen LogP contribution < -0.4 is 20.6 Å². The van der Waals surface area contributed by atoms with Crippen LogP contribution in [-0.4, -0.2) is 25.8 Å². The summed E-state index contributed by atoms with van der Waals surface area (Å²) in [5, 5.41) is 4.05. The Balaban J connectivity index is 2.03. The summed E-state index contributed by atoms with van der Waals surface area (Å²) in [5.41, 5.74) is 9.23. The highest BCUT2D eigenvalue weighted by molar-refractivity contribution is 5.81. The molecule has 0 aromatic heterocycles. The van der Waals surface area contributed by atoms with E-state index in [-0.39, 0.29) is 12.4 Å². The Bertz CT molecular complexity index is 702. The van der Waals surface area contributed by atoms with E-state index in [1.807, 2.05) is 0 Å². The maximum absolute atomic E-state index is 12.8. The summed E-state index contributed by atoms with van der Waals surface area (Å²) in [6.07, 6.45) is 1.57. The van der Waals surface area contributed by atoms with E-state index in [0.29, 0.717) is 17.2 Å². The Hall–Kier alpha value is -3.09. The van der Waals surface area contributed by atoms with Crippen LogP contribution in [0.3, 0.4) is 0 Å². The molecule has 1 amide bonds. The molecule has 0 saturated carbocycles. The number of carbonyl (C=O) groups excluding carboxylic acids is 1. The molecule has 0 aliphatic carbocycles. The molecule has 0 spiro atoms. The average molecular weight is 317 g/mol. The van der Waals surface area contributed by atoms with Gasteiger partial charge in [0.1, 0.15) is 5.82 Å². The highest BCUT2D eigenvalue weighted by Crippen LogP contribution is 2.27. The Morgan fingerprint density at radius 2 is 2.00 bits per heavy atom. The molecular weight excluding hydrogens is 301 g/mol. The van der Waals surface area contributed by atoms with Gasteiger partial charge in [-0.05, 0) is 48.0 Å². The predicted octanol–water partition coefficient (Wildman–Crippen LogP) is 2.14. The molecule has 120 valence electrons. The van der Waals surface area contributed by atoms with Crippen LogP contribution in [-0.2, 0) is 4.79 Å². The quantitative estimate of drug-likeness (QED) is 0.605. The molecule has 7 heteroatoms. The fourth-order valence-corrected chi connectivity index (χ4v) is 1.74. The van der Waals surface area contributed by atoms with Crippen LogP contribution in [0.25, 0.3) is 0 Å². The first kappa shape index (κ1) is 16.3. The van der Waals surface area contributed by atoms with Crippen LogP contribution in [0.15, 0.2) is 47.6 Å². The van der Waals surface area contributed by atoms with Gasteiger partial charge in [0.2, 0.25) is 0 Å². The minimum atomic E-state index is -0.568. The number of carbonyl (C=O) groups is 1. The van der Waals surface area contributed by atoms with Gasteiger partial charge < -0.3 is 15.2 Å². The Labute approximate surface area is 132 Å². The number of ether oxygens (including phenoxy) is 2. The van der Waals surface area contributed by atoms with Crippen molar-refractivity contribution in [2.75, 3.05) is 19.1 Å². The van der Waals surface area contributed by atoms with Gasteiger partial charge in [0.15, 0.2) is 18.1 Å². The fraction of sp³-hybridized carbons (Fsp3) is 0.125. The zero-order chi connectivity index (χ0) is 16.7. The highest BCUT2D eigenvalue weighted by atomic mass is 19.1. The number of hydrazone groups is 1. The monoisotopic (exact) mass is 317 g/mol. The van der Waals surface area contributed by atoms with Crippen molar-refractivity contribution in [2.24, 2.45) is 10.8 Å². The minimum absolute atomic E-state index is 0.226. The molecule has 0 fully saturated rings. The molecule has 2 rings (SSSR count). The van der Waals surface area contributed by atoms with Crippen molar-refractivity contribution in [1.29, 1.82) is 0 Å². The topological polar surface area (TPSA) is 85.9 Å². The van der Waals surface area contributed by atoms with Gasteiger partial charge in [-0.2, -0.15) is 5.10 Å². The zero-order valence-electron chi connectivity index (χ0n) is 12.5. The lowest BCUT2D eigenvalue weighted by atomic mass is 10.2. The summed E-state index contributed by atoms with van der Waals surface area (Å²) in [6.45, 7) is -0.226. The molecule has 6 nitrogen and oxygen atoms in total. The molecule has 0 bridgehead atoms. The number of rotatable bonds is 7. The summed E-state index contributed by atoms with van der Waals surface area (Å²) >= 11 is 0. The number of anilines is 1. The molecule has 0 atom stereocenters. The van der Waals surface area contributed by atoms with Gasteiger partial charge in [-0.1, -0.05) is 0 Å². The third-order valence-electron chi connectivity index (χ3n) is 2.81. The minimum Gasteiger partial charge on any atom is -0.493 e. The molecule has 0 unspecified atom stereocenters. The smallest absolute Gasteiger partial charge is 0.255 e. The number of nitrogens with two attached hydrogens (primary N) is 1. The molecule has 2 aromatic rings. The molecule has 0 aliphatic rings. The average Bonchev–Trinajstić information content (AvgIpc) is 2.55. The van der Waals surface area contributed by atoms with E-state index < -0.39 is 5.91 Å². The second-order valence-corrected chi connectivity index (χ2v) is 4.54. The first-order chi connectivity index (χ1) is 11.1. The number of nitrogens with one attached hydrogen (secondary N) is 1. The van der Waals surface area contributed by atoms with E-state index in [2.05, 4.69) is 10.5 Å². The van der Waals surface area contributed by atoms with Crippen molar-refractivity contribution in [1.82, 2.24) is 0 Å². The van der Waals surface area contributed by atoms with E-state index in [1.54, 1.807) is 36.5 Å². The van der Waals surface area contributed by atoms with E-state index in [4.69, 9.17) is 15.2 Å². The van der Waals surface area contributed by atoms with Crippen LogP contribution in [0.2, 0.25) is 0 Å². The van der Waals surface area contributed by atoms with E-state index in [9.17, 15) is 9.18 Å². The van der Waals surface area contributed by atoms with Crippen LogP contribution in [0.4, 0.5) is 10.1 Å². The van der Waals surface area contributed by atoms with Crippen LogP contribution in [0.1, 0.15) is 5.56 Å². The summed E-state index contributed by atoms with van der Waals surface area (Å²) in [5.74, 6) is -0.0102. The number of amides is 1. The van der Waals surface area contributed by atoms with Crippen molar-refractivity contribution < 1.29 is 18.7 Å². The summed E-state index contributed by atoms with van der Waals surface area (Å²) < 4.78 is 23.2. The third kappa shape index (κ3) is 4.99. The standard InChI is InChI=1S/C16H16FN3O3/c1-22-15-8-11(2-7-14(15)23-10-16(18)21)9-19-20-13-5-3-12(17)4-6-13/h2-9,20H,10H2,1H3,(H2,18,21)/b19-9-.